The van der Waals surface area contributed by atoms with E-state index in [1.54, 1.807) is 30.3 Å². The van der Waals surface area contributed by atoms with Gasteiger partial charge in [0.15, 0.2) is 11.5 Å². The molecular formula is C33H34ClNO5. The van der Waals surface area contributed by atoms with E-state index < -0.39 is 11.9 Å². The Bertz CT molecular complexity index is 1610. The average molecular weight is 560 g/mol. The lowest BCUT2D eigenvalue weighted by atomic mass is 9.68. The lowest BCUT2D eigenvalue weighted by Gasteiger charge is -2.39. The molecule has 208 valence electrons. The molecule has 0 saturated heterocycles. The molecule has 0 saturated carbocycles. The van der Waals surface area contributed by atoms with E-state index in [-0.39, 0.29) is 28.7 Å². The number of halogens is 1. The first-order valence-electron chi connectivity index (χ1n) is 13.6. The summed E-state index contributed by atoms with van der Waals surface area (Å²) in [6.07, 6.45) is 1.93. The standard InChI is InChI=1S/C33H34ClNO5/c1-7-17(2)23-13-20(12-21-14-26(40-31(21)23)30(37)19-8-10-22(34)11-9-19)28-27(32(38)39-6)18(3)35-24-15-33(4,5)16-25(36)29(24)28/h8-14,17,28,35H,7,15-16H2,1-6H3. The number of ketones is 2. The number of methoxy groups -OCH3 is 1. The zero-order valence-corrected chi connectivity index (χ0v) is 24.5. The van der Waals surface area contributed by atoms with Crippen LogP contribution in [0, 0.1) is 5.41 Å². The maximum atomic E-state index is 13.7. The van der Waals surface area contributed by atoms with Gasteiger partial charge in [-0.25, -0.2) is 4.79 Å². The third kappa shape index (κ3) is 4.90. The summed E-state index contributed by atoms with van der Waals surface area (Å²) >= 11 is 6.02. The Labute approximate surface area is 239 Å². The van der Waals surface area contributed by atoms with Crippen LogP contribution in [0.5, 0.6) is 0 Å². The van der Waals surface area contributed by atoms with E-state index in [2.05, 4.69) is 33.0 Å². The smallest absolute Gasteiger partial charge is 0.336 e. The van der Waals surface area contributed by atoms with Crippen molar-refractivity contribution in [3.63, 3.8) is 0 Å². The topological polar surface area (TPSA) is 85.6 Å². The largest absolute Gasteiger partial charge is 0.466 e. The Morgan fingerprint density at radius 1 is 1.15 bits per heavy atom. The number of benzene rings is 2. The zero-order chi connectivity index (χ0) is 28.9. The van der Waals surface area contributed by atoms with Gasteiger partial charge in [-0.15, -0.1) is 0 Å². The minimum atomic E-state index is -0.593. The summed E-state index contributed by atoms with van der Waals surface area (Å²) in [6.45, 7) is 10.2. The van der Waals surface area contributed by atoms with Gasteiger partial charge in [0.25, 0.3) is 0 Å². The molecule has 2 aromatic carbocycles. The number of hydrogen-bond acceptors (Lipinski definition) is 6. The van der Waals surface area contributed by atoms with Gasteiger partial charge in [0.05, 0.1) is 12.7 Å². The van der Waals surface area contributed by atoms with Crippen LogP contribution in [0.3, 0.4) is 0 Å². The minimum Gasteiger partial charge on any atom is -0.466 e. The van der Waals surface area contributed by atoms with E-state index in [0.29, 0.717) is 45.9 Å². The Hall–Kier alpha value is -3.64. The normalized spacial score (nSPS) is 19.4. The first kappa shape index (κ1) is 27.9. The number of allylic oxidation sites excluding steroid dienone is 3. The number of Topliss-reactive ketones (excluding diaryl/α,β-unsaturated/α-hetero) is 1. The fourth-order valence-corrected chi connectivity index (χ4v) is 6.09. The number of dihydropyridines is 1. The Balaban J connectivity index is 1.72. The summed E-state index contributed by atoms with van der Waals surface area (Å²) in [6, 6.07) is 12.4. The number of carbonyl (C=O) groups excluding carboxylic acids is 3. The third-order valence-electron chi connectivity index (χ3n) is 8.12. The molecule has 2 aliphatic rings. The molecule has 0 bridgehead atoms. The first-order chi connectivity index (χ1) is 18.9. The molecule has 0 fully saturated rings. The number of carbonyl (C=O) groups is 3. The first-order valence-corrected chi connectivity index (χ1v) is 14.0. The Morgan fingerprint density at radius 3 is 2.50 bits per heavy atom. The van der Waals surface area contributed by atoms with E-state index in [0.717, 1.165) is 28.6 Å². The van der Waals surface area contributed by atoms with Gasteiger partial charge in [0, 0.05) is 45.3 Å². The highest BCUT2D eigenvalue weighted by Gasteiger charge is 2.43. The van der Waals surface area contributed by atoms with Crippen LogP contribution in [-0.2, 0) is 14.3 Å². The Morgan fingerprint density at radius 2 is 1.85 bits per heavy atom. The van der Waals surface area contributed by atoms with Crippen molar-refractivity contribution in [2.24, 2.45) is 5.41 Å². The van der Waals surface area contributed by atoms with E-state index >= 15 is 0 Å². The fourth-order valence-electron chi connectivity index (χ4n) is 5.96. The number of esters is 1. The Kier molecular flexibility index (Phi) is 7.26. The molecule has 6 nitrogen and oxygen atoms in total. The predicted molar refractivity (Wildman–Crippen MR) is 155 cm³/mol. The highest BCUT2D eigenvalue weighted by Crippen LogP contribution is 2.48. The second-order valence-electron chi connectivity index (χ2n) is 11.7. The monoisotopic (exact) mass is 559 g/mol. The van der Waals surface area contributed by atoms with Crippen molar-refractivity contribution >= 4 is 40.1 Å². The summed E-state index contributed by atoms with van der Waals surface area (Å²) in [5.41, 5.74) is 5.21. The maximum absolute atomic E-state index is 13.7. The van der Waals surface area contributed by atoms with Crippen molar-refractivity contribution in [1.29, 1.82) is 0 Å². The molecule has 1 aliphatic carbocycles. The van der Waals surface area contributed by atoms with Gasteiger partial charge in [0.1, 0.15) is 5.58 Å². The van der Waals surface area contributed by atoms with Gasteiger partial charge in [-0.3, -0.25) is 9.59 Å². The average Bonchev–Trinajstić information content (AvgIpc) is 3.34. The van der Waals surface area contributed by atoms with Gasteiger partial charge in [-0.1, -0.05) is 45.4 Å². The SMILES string of the molecule is CCC(C)c1cc(C2C(C(=O)OC)=C(C)NC3=C2C(=O)CC(C)(C)C3)cc2cc(C(=O)c3ccc(Cl)cc3)oc12. The maximum Gasteiger partial charge on any atom is 0.336 e. The van der Waals surface area contributed by atoms with Gasteiger partial charge in [0.2, 0.25) is 5.78 Å². The number of nitrogens with one attached hydrogen (secondary N) is 1. The van der Waals surface area contributed by atoms with Gasteiger partial charge in [-0.05, 0) is 78.6 Å². The molecule has 1 aliphatic heterocycles. The van der Waals surface area contributed by atoms with Crippen LogP contribution in [-0.4, -0.2) is 24.6 Å². The number of rotatable bonds is 6. The van der Waals surface area contributed by atoms with Crippen molar-refractivity contribution in [2.75, 3.05) is 7.11 Å². The van der Waals surface area contributed by atoms with Gasteiger partial charge in [-0.2, -0.15) is 0 Å². The number of furan rings is 1. The summed E-state index contributed by atoms with van der Waals surface area (Å²) in [5.74, 6) is -0.963. The fraction of sp³-hybridized carbons (Fsp3) is 0.364. The molecule has 1 aromatic heterocycles. The minimum absolute atomic E-state index is 0.0219. The molecule has 2 heterocycles. The number of fused-ring (bicyclic) bond motifs is 1. The van der Waals surface area contributed by atoms with Crippen LogP contribution in [0.4, 0.5) is 0 Å². The second kappa shape index (κ2) is 10.4. The van der Waals surface area contributed by atoms with Crippen molar-refractivity contribution in [1.82, 2.24) is 5.32 Å². The number of hydrogen-bond donors (Lipinski definition) is 1. The molecule has 0 radical (unpaired) electrons. The molecule has 3 aromatic rings. The van der Waals surface area contributed by atoms with Crippen molar-refractivity contribution in [3.8, 4) is 0 Å². The summed E-state index contributed by atoms with van der Waals surface area (Å²) in [7, 11) is 1.36. The van der Waals surface area contributed by atoms with Crippen LogP contribution in [0.25, 0.3) is 11.0 Å². The molecule has 2 unspecified atom stereocenters. The highest BCUT2D eigenvalue weighted by molar-refractivity contribution is 6.30. The zero-order valence-electron chi connectivity index (χ0n) is 23.7. The summed E-state index contributed by atoms with van der Waals surface area (Å²) < 4.78 is 11.4. The van der Waals surface area contributed by atoms with Crippen LogP contribution in [0.1, 0.15) is 93.0 Å². The molecule has 7 heteroatoms. The third-order valence-corrected chi connectivity index (χ3v) is 8.37. The molecule has 0 amide bonds. The number of ether oxygens (including phenoxy) is 1. The van der Waals surface area contributed by atoms with Crippen LogP contribution in [0.15, 0.2) is 69.4 Å². The van der Waals surface area contributed by atoms with Crippen LogP contribution < -0.4 is 5.32 Å². The van der Waals surface area contributed by atoms with Crippen LogP contribution >= 0.6 is 11.6 Å². The van der Waals surface area contributed by atoms with E-state index in [4.69, 9.17) is 20.8 Å². The molecule has 1 N–H and O–H groups in total. The molecule has 0 spiro atoms. The summed E-state index contributed by atoms with van der Waals surface area (Å²) in [5, 5.41) is 4.65. The van der Waals surface area contributed by atoms with E-state index in [9.17, 15) is 14.4 Å². The predicted octanol–water partition coefficient (Wildman–Crippen LogP) is 7.61. The lowest BCUT2D eigenvalue weighted by molar-refractivity contribution is -0.136. The van der Waals surface area contributed by atoms with Crippen molar-refractivity contribution < 1.29 is 23.5 Å². The highest BCUT2D eigenvalue weighted by atomic mass is 35.5. The van der Waals surface area contributed by atoms with Crippen molar-refractivity contribution in [3.05, 3.63) is 92.5 Å². The lowest BCUT2D eigenvalue weighted by Crippen LogP contribution is -2.38. The van der Waals surface area contributed by atoms with E-state index in [1.165, 1.54) is 7.11 Å². The van der Waals surface area contributed by atoms with Crippen LogP contribution in [0.2, 0.25) is 5.02 Å². The molecule has 2 atom stereocenters. The quantitative estimate of drug-likeness (QED) is 0.247. The molecule has 5 rings (SSSR count). The molecular weight excluding hydrogens is 526 g/mol. The summed E-state index contributed by atoms with van der Waals surface area (Å²) in [4.78, 5) is 40.1. The molecule has 40 heavy (non-hydrogen) atoms. The van der Waals surface area contributed by atoms with Gasteiger partial charge < -0.3 is 14.5 Å². The van der Waals surface area contributed by atoms with Gasteiger partial charge >= 0.3 is 5.97 Å². The van der Waals surface area contributed by atoms with E-state index in [1.807, 2.05) is 19.1 Å². The second-order valence-corrected chi connectivity index (χ2v) is 12.1. The van der Waals surface area contributed by atoms with Crippen molar-refractivity contribution in [2.45, 2.75) is 65.7 Å².